The molecule has 0 aliphatic carbocycles. The van der Waals surface area contributed by atoms with E-state index in [2.05, 4.69) is 22.5 Å². The van der Waals surface area contributed by atoms with E-state index in [0.717, 1.165) is 16.0 Å². The van der Waals surface area contributed by atoms with E-state index in [9.17, 15) is 19.2 Å². The monoisotopic (exact) mass is 484 g/mol. The molecule has 190 valence electrons. The Hall–Kier alpha value is -2.98. The van der Waals surface area contributed by atoms with Crippen molar-refractivity contribution in [1.82, 2.24) is 24.9 Å². The van der Waals surface area contributed by atoms with Gasteiger partial charge in [-0.05, 0) is 37.0 Å². The van der Waals surface area contributed by atoms with Crippen molar-refractivity contribution in [3.05, 3.63) is 29.3 Å². The quantitative estimate of drug-likeness (QED) is 0.657. The van der Waals surface area contributed by atoms with Crippen LogP contribution in [0.3, 0.4) is 0 Å². The highest BCUT2D eigenvalue weighted by atomic mass is 16.2. The van der Waals surface area contributed by atoms with Crippen molar-refractivity contribution >= 4 is 29.4 Å². The lowest BCUT2D eigenvalue weighted by Gasteiger charge is -2.54. The summed E-state index contributed by atoms with van der Waals surface area (Å²) in [4.78, 5) is 58.3. The van der Waals surface area contributed by atoms with Gasteiger partial charge in [0, 0.05) is 58.4 Å². The van der Waals surface area contributed by atoms with Crippen molar-refractivity contribution < 1.29 is 19.2 Å². The molecule has 3 saturated heterocycles. The lowest BCUT2D eigenvalue weighted by molar-refractivity contribution is -0.150. The number of imide groups is 1. The van der Waals surface area contributed by atoms with Crippen LogP contribution in [0.15, 0.2) is 18.2 Å². The zero-order chi connectivity index (χ0) is 25.4. The Morgan fingerprint density at radius 1 is 1.11 bits per heavy atom. The number of hydrogen-bond acceptors (Lipinski definition) is 6. The number of benzene rings is 1. The number of anilines is 1. The molecule has 4 atom stereocenters. The van der Waals surface area contributed by atoms with Gasteiger partial charge in [-0.15, -0.1) is 0 Å². The van der Waals surface area contributed by atoms with Crippen LogP contribution in [0.1, 0.15) is 25.0 Å². The number of aryl methyl sites for hydroxylation is 2. The minimum atomic E-state index is -0.501. The number of piperazine rings is 1. The Morgan fingerprint density at radius 2 is 1.80 bits per heavy atom. The van der Waals surface area contributed by atoms with Gasteiger partial charge in [-0.25, -0.2) is 4.79 Å². The first kappa shape index (κ1) is 25.1. The van der Waals surface area contributed by atoms with E-state index in [1.54, 1.807) is 18.9 Å². The number of amides is 5. The molecule has 35 heavy (non-hydrogen) atoms. The summed E-state index contributed by atoms with van der Waals surface area (Å²) >= 11 is 0. The van der Waals surface area contributed by atoms with Crippen molar-refractivity contribution in [3.8, 4) is 0 Å². The number of piperidine rings is 1. The molecule has 4 rings (SSSR count). The minimum Gasteiger partial charge on any atom is -0.340 e. The molecule has 0 aromatic heterocycles. The van der Waals surface area contributed by atoms with E-state index in [1.807, 2.05) is 36.9 Å². The van der Waals surface area contributed by atoms with Gasteiger partial charge in [0.1, 0.15) is 6.54 Å². The number of rotatable bonds is 4. The van der Waals surface area contributed by atoms with Gasteiger partial charge in [0.15, 0.2) is 0 Å². The number of fused-ring (bicyclic) bond motifs is 1. The normalized spacial score (nSPS) is 27.6. The van der Waals surface area contributed by atoms with Gasteiger partial charge < -0.3 is 15.1 Å². The van der Waals surface area contributed by atoms with Crippen LogP contribution in [-0.2, 0) is 14.4 Å². The van der Waals surface area contributed by atoms with E-state index >= 15 is 0 Å². The average molecular weight is 485 g/mol. The first-order valence-corrected chi connectivity index (χ1v) is 12.3. The summed E-state index contributed by atoms with van der Waals surface area (Å²) in [5.41, 5.74) is 2.59. The third kappa shape index (κ3) is 4.90. The van der Waals surface area contributed by atoms with Gasteiger partial charge in [0.2, 0.25) is 17.7 Å². The summed E-state index contributed by atoms with van der Waals surface area (Å²) < 4.78 is 0. The van der Waals surface area contributed by atoms with Gasteiger partial charge in [-0.1, -0.05) is 19.1 Å². The zero-order valence-corrected chi connectivity index (χ0v) is 21.2. The van der Waals surface area contributed by atoms with Crippen LogP contribution in [0, 0.1) is 25.7 Å². The fraction of sp³-hybridized carbons (Fsp3) is 0.600. The Kier molecular flexibility index (Phi) is 7.14. The molecule has 1 aromatic rings. The predicted molar refractivity (Wildman–Crippen MR) is 131 cm³/mol. The predicted octanol–water partition coefficient (Wildman–Crippen LogP) is 0.850. The van der Waals surface area contributed by atoms with Crippen molar-refractivity contribution in [1.29, 1.82) is 0 Å². The molecule has 3 heterocycles. The molecule has 0 bridgehead atoms. The van der Waals surface area contributed by atoms with Crippen LogP contribution in [0.4, 0.5) is 10.5 Å². The maximum absolute atomic E-state index is 13.8. The molecule has 3 aliphatic rings. The molecule has 5 amide bonds. The van der Waals surface area contributed by atoms with Crippen molar-refractivity contribution in [2.45, 2.75) is 39.9 Å². The van der Waals surface area contributed by atoms with Crippen LogP contribution in [0.5, 0.6) is 0 Å². The number of carbonyl (C=O) groups is 4. The maximum atomic E-state index is 13.8. The molecule has 0 spiro atoms. The minimum absolute atomic E-state index is 0.0565. The second-order valence-corrected chi connectivity index (χ2v) is 10.1. The fourth-order valence-electron chi connectivity index (χ4n) is 5.61. The van der Waals surface area contributed by atoms with Crippen LogP contribution >= 0.6 is 0 Å². The molecule has 0 saturated carbocycles. The van der Waals surface area contributed by atoms with Crippen LogP contribution in [0.25, 0.3) is 0 Å². The topological polar surface area (TPSA) is 105 Å². The molecule has 1 aromatic carbocycles. The smallest absolute Gasteiger partial charge is 0.328 e. The SMILES string of the molecule is CC(=O)N1CCN(C2C(C)CNC3C2C(=O)N(CC(=O)Nc2cc(C)ccc2C)C(=O)N3C)CC1. The number of carbonyl (C=O) groups excluding carboxylic acids is 4. The van der Waals surface area contributed by atoms with E-state index < -0.39 is 24.0 Å². The second-order valence-electron chi connectivity index (χ2n) is 10.1. The highest BCUT2D eigenvalue weighted by Gasteiger charge is 2.53. The molecular weight excluding hydrogens is 448 g/mol. The third-order valence-corrected chi connectivity index (χ3v) is 7.59. The van der Waals surface area contributed by atoms with Gasteiger partial charge in [0.25, 0.3) is 0 Å². The number of urea groups is 1. The Labute approximate surface area is 206 Å². The summed E-state index contributed by atoms with van der Waals surface area (Å²) in [5.74, 6) is -1.01. The van der Waals surface area contributed by atoms with Gasteiger partial charge in [-0.2, -0.15) is 0 Å². The highest BCUT2D eigenvalue weighted by Crippen LogP contribution is 2.34. The Morgan fingerprint density at radius 3 is 2.46 bits per heavy atom. The molecule has 3 aliphatic heterocycles. The van der Waals surface area contributed by atoms with Crippen LogP contribution in [0.2, 0.25) is 0 Å². The maximum Gasteiger partial charge on any atom is 0.328 e. The lowest BCUT2D eigenvalue weighted by Crippen LogP contribution is -2.74. The Balaban J connectivity index is 1.53. The fourth-order valence-corrected chi connectivity index (χ4v) is 5.61. The third-order valence-electron chi connectivity index (χ3n) is 7.59. The van der Waals surface area contributed by atoms with Crippen molar-refractivity contribution in [2.75, 3.05) is 51.6 Å². The average Bonchev–Trinajstić information content (AvgIpc) is 2.82. The molecule has 0 radical (unpaired) electrons. The second kappa shape index (κ2) is 9.94. The number of nitrogens with zero attached hydrogens (tertiary/aromatic N) is 4. The van der Waals surface area contributed by atoms with E-state index in [1.165, 1.54) is 0 Å². The van der Waals surface area contributed by atoms with Crippen LogP contribution < -0.4 is 10.6 Å². The highest BCUT2D eigenvalue weighted by molar-refractivity contribution is 6.04. The van der Waals surface area contributed by atoms with Crippen molar-refractivity contribution in [3.63, 3.8) is 0 Å². The van der Waals surface area contributed by atoms with Crippen molar-refractivity contribution in [2.24, 2.45) is 11.8 Å². The van der Waals surface area contributed by atoms with E-state index in [4.69, 9.17) is 0 Å². The molecule has 4 unspecified atom stereocenters. The zero-order valence-electron chi connectivity index (χ0n) is 21.2. The van der Waals surface area contributed by atoms with E-state index in [-0.39, 0.29) is 30.3 Å². The molecule has 10 nitrogen and oxygen atoms in total. The number of hydrogen-bond donors (Lipinski definition) is 2. The molecule has 2 N–H and O–H groups in total. The summed E-state index contributed by atoms with van der Waals surface area (Å²) in [5, 5.41) is 6.23. The Bertz CT molecular complexity index is 1020. The van der Waals surface area contributed by atoms with Gasteiger partial charge in [0.05, 0.1) is 12.1 Å². The molecule has 3 fully saturated rings. The summed E-state index contributed by atoms with van der Waals surface area (Å²) in [7, 11) is 1.68. The summed E-state index contributed by atoms with van der Waals surface area (Å²) in [6.45, 7) is 10.5. The van der Waals surface area contributed by atoms with Gasteiger partial charge in [-0.3, -0.25) is 29.5 Å². The van der Waals surface area contributed by atoms with E-state index in [0.29, 0.717) is 38.4 Å². The van der Waals surface area contributed by atoms with Gasteiger partial charge >= 0.3 is 6.03 Å². The first-order chi connectivity index (χ1) is 16.6. The summed E-state index contributed by atoms with van der Waals surface area (Å²) in [6, 6.07) is 5.19. The first-order valence-electron chi connectivity index (χ1n) is 12.3. The largest absolute Gasteiger partial charge is 0.340 e. The summed E-state index contributed by atoms with van der Waals surface area (Å²) in [6.07, 6.45) is -0.430. The molecule has 10 heteroatoms. The number of nitrogens with one attached hydrogen (secondary N) is 2. The van der Waals surface area contributed by atoms with Crippen LogP contribution in [-0.4, -0.2) is 102 Å². The lowest BCUT2D eigenvalue weighted by atomic mass is 9.79. The molecular formula is C25H36N6O4. The standard InChI is InChI=1S/C25H36N6O4/c1-15-6-7-16(2)19(12-15)27-20(33)14-31-24(34)21-22(30-10-8-29(9-11-30)18(4)32)17(3)13-26-23(21)28(5)25(31)35/h6-7,12,17,21-23,26H,8-11,13-14H2,1-5H3,(H,27,33).